The van der Waals surface area contributed by atoms with Gasteiger partial charge in [-0.25, -0.2) is 4.79 Å². The number of carbonyl (C=O) groups is 1. The Labute approximate surface area is 83.4 Å². The van der Waals surface area contributed by atoms with E-state index in [1.807, 2.05) is 0 Å². The lowest BCUT2D eigenvalue weighted by Gasteiger charge is -2.53. The van der Waals surface area contributed by atoms with Crippen molar-refractivity contribution in [2.45, 2.75) is 38.2 Å². The van der Waals surface area contributed by atoms with Gasteiger partial charge in [-0.3, -0.25) is 0 Å². The van der Waals surface area contributed by atoms with E-state index in [0.29, 0.717) is 11.8 Å². The van der Waals surface area contributed by atoms with E-state index >= 15 is 0 Å². The van der Waals surface area contributed by atoms with Crippen molar-refractivity contribution in [2.24, 2.45) is 23.7 Å². The summed E-state index contributed by atoms with van der Waals surface area (Å²) >= 11 is 0. The van der Waals surface area contributed by atoms with E-state index in [-0.39, 0.29) is 6.10 Å². The molecule has 4 fully saturated rings. The summed E-state index contributed by atoms with van der Waals surface area (Å²) in [6, 6.07) is 0. The van der Waals surface area contributed by atoms with Crippen LogP contribution in [0.2, 0.25) is 0 Å². The van der Waals surface area contributed by atoms with Crippen LogP contribution in [0.5, 0.6) is 0 Å². The molecule has 0 saturated heterocycles. The van der Waals surface area contributed by atoms with Gasteiger partial charge in [0.15, 0.2) is 0 Å². The minimum absolute atomic E-state index is 0.0281. The summed E-state index contributed by atoms with van der Waals surface area (Å²) < 4.78 is 5.04. The molecule has 0 atom stereocenters. The molecule has 0 heterocycles. The number of carboxylic acid groups (broad SMARTS) is 1. The third-order valence-corrected chi connectivity index (χ3v) is 4.38. The van der Waals surface area contributed by atoms with Gasteiger partial charge in [0.2, 0.25) is 0 Å². The molecule has 0 aromatic carbocycles. The van der Waals surface area contributed by atoms with Gasteiger partial charge in [0.05, 0.1) is 0 Å². The molecule has 4 rings (SSSR count). The van der Waals surface area contributed by atoms with Gasteiger partial charge in [0.1, 0.15) is 6.10 Å². The normalized spacial score (nSPS) is 49.3. The summed E-state index contributed by atoms with van der Waals surface area (Å²) in [5.74, 6) is 2.85. The minimum atomic E-state index is -1.08. The Morgan fingerprint density at radius 1 is 1.00 bits per heavy atom. The second-order valence-corrected chi connectivity index (χ2v) is 5.28. The number of hydrogen-bond acceptors (Lipinski definition) is 2. The topological polar surface area (TPSA) is 46.5 Å². The first-order valence-electron chi connectivity index (χ1n) is 5.62. The Morgan fingerprint density at radius 2 is 1.50 bits per heavy atom. The monoisotopic (exact) mass is 196 g/mol. The maximum Gasteiger partial charge on any atom is 0.506 e. The predicted molar refractivity (Wildman–Crippen MR) is 49.9 cm³/mol. The second kappa shape index (κ2) is 2.88. The van der Waals surface area contributed by atoms with Crippen molar-refractivity contribution in [2.75, 3.05) is 0 Å². The fourth-order valence-corrected chi connectivity index (χ4v) is 4.18. The lowest BCUT2D eigenvalue weighted by molar-refractivity contribution is -0.106. The standard InChI is InChI=1S/C11H16O3/c12-11(13)14-10-8-2-6-1-7(4-8)5-9(10)3-6/h6-10H,1-5H2,(H,12,13). The summed E-state index contributed by atoms with van der Waals surface area (Å²) in [5, 5.41) is 8.68. The number of hydrogen-bond donors (Lipinski definition) is 1. The van der Waals surface area contributed by atoms with E-state index in [1.54, 1.807) is 0 Å². The molecular weight excluding hydrogens is 180 g/mol. The van der Waals surface area contributed by atoms with Crippen molar-refractivity contribution in [1.82, 2.24) is 0 Å². The largest absolute Gasteiger partial charge is 0.506 e. The first-order valence-corrected chi connectivity index (χ1v) is 5.62. The predicted octanol–water partition coefficient (Wildman–Crippen LogP) is 2.51. The highest BCUT2D eigenvalue weighted by Crippen LogP contribution is 2.54. The zero-order chi connectivity index (χ0) is 9.71. The number of ether oxygens (including phenoxy) is 1. The van der Waals surface area contributed by atoms with E-state index in [2.05, 4.69) is 0 Å². The molecule has 0 spiro atoms. The summed E-state index contributed by atoms with van der Waals surface area (Å²) in [7, 11) is 0. The van der Waals surface area contributed by atoms with Crippen molar-refractivity contribution in [3.8, 4) is 0 Å². The van der Waals surface area contributed by atoms with Crippen LogP contribution in [0.25, 0.3) is 0 Å². The third-order valence-electron chi connectivity index (χ3n) is 4.38. The van der Waals surface area contributed by atoms with Gasteiger partial charge >= 0.3 is 6.16 Å². The van der Waals surface area contributed by atoms with E-state index < -0.39 is 6.16 Å². The van der Waals surface area contributed by atoms with Crippen LogP contribution in [-0.2, 0) is 4.74 Å². The molecule has 0 aliphatic heterocycles. The van der Waals surface area contributed by atoms with Crippen molar-refractivity contribution in [3.05, 3.63) is 0 Å². The van der Waals surface area contributed by atoms with E-state index in [4.69, 9.17) is 9.84 Å². The molecule has 78 valence electrons. The Bertz CT molecular complexity index is 233. The lowest BCUT2D eigenvalue weighted by atomic mass is 9.55. The minimum Gasteiger partial charge on any atom is -0.450 e. The second-order valence-electron chi connectivity index (χ2n) is 5.28. The van der Waals surface area contributed by atoms with Crippen LogP contribution < -0.4 is 0 Å². The molecule has 4 aliphatic rings. The summed E-state index contributed by atoms with van der Waals surface area (Å²) in [5.41, 5.74) is 0. The van der Waals surface area contributed by atoms with E-state index in [9.17, 15) is 4.79 Å². The van der Waals surface area contributed by atoms with Crippen LogP contribution in [0.1, 0.15) is 32.1 Å². The van der Waals surface area contributed by atoms with E-state index in [0.717, 1.165) is 11.8 Å². The van der Waals surface area contributed by atoms with Crippen molar-refractivity contribution >= 4 is 6.16 Å². The van der Waals surface area contributed by atoms with Gasteiger partial charge in [0, 0.05) is 0 Å². The maximum absolute atomic E-state index is 10.6. The average molecular weight is 196 g/mol. The molecule has 0 radical (unpaired) electrons. The zero-order valence-electron chi connectivity index (χ0n) is 8.19. The molecule has 14 heavy (non-hydrogen) atoms. The molecule has 3 nitrogen and oxygen atoms in total. The highest BCUT2D eigenvalue weighted by Gasteiger charge is 2.49. The third kappa shape index (κ3) is 1.22. The maximum atomic E-state index is 10.6. The van der Waals surface area contributed by atoms with Crippen LogP contribution in [0, 0.1) is 23.7 Å². The number of rotatable bonds is 1. The highest BCUT2D eigenvalue weighted by atomic mass is 16.7. The Kier molecular flexibility index (Phi) is 1.76. The lowest BCUT2D eigenvalue weighted by Crippen LogP contribution is -2.49. The van der Waals surface area contributed by atoms with Crippen LogP contribution in [0.15, 0.2) is 0 Å². The Balaban J connectivity index is 1.77. The molecule has 4 aliphatic carbocycles. The van der Waals surface area contributed by atoms with E-state index in [1.165, 1.54) is 32.1 Å². The van der Waals surface area contributed by atoms with Gasteiger partial charge < -0.3 is 9.84 Å². The Morgan fingerprint density at radius 3 is 1.93 bits per heavy atom. The van der Waals surface area contributed by atoms with Crippen LogP contribution in [0.4, 0.5) is 4.79 Å². The van der Waals surface area contributed by atoms with Gasteiger partial charge in [0.25, 0.3) is 0 Å². The van der Waals surface area contributed by atoms with Crippen molar-refractivity contribution < 1.29 is 14.6 Å². The Hall–Kier alpha value is -0.730. The van der Waals surface area contributed by atoms with Gasteiger partial charge in [-0.15, -0.1) is 0 Å². The van der Waals surface area contributed by atoms with Crippen LogP contribution in [0.3, 0.4) is 0 Å². The molecule has 1 N–H and O–H groups in total. The highest BCUT2D eigenvalue weighted by molar-refractivity contribution is 5.57. The summed E-state index contributed by atoms with van der Waals surface area (Å²) in [6.07, 6.45) is 5.20. The van der Waals surface area contributed by atoms with Gasteiger partial charge in [-0.1, -0.05) is 0 Å². The molecule has 0 amide bonds. The molecule has 3 heteroatoms. The molecule has 0 aromatic rings. The first-order chi connectivity index (χ1) is 6.72. The quantitative estimate of drug-likeness (QED) is 0.655. The van der Waals surface area contributed by atoms with Gasteiger partial charge in [-0.05, 0) is 55.8 Å². The fraction of sp³-hybridized carbons (Fsp3) is 0.909. The smallest absolute Gasteiger partial charge is 0.450 e. The molecule has 0 unspecified atom stereocenters. The van der Waals surface area contributed by atoms with Crippen molar-refractivity contribution in [1.29, 1.82) is 0 Å². The average Bonchev–Trinajstić information content (AvgIpc) is 2.09. The molecule has 0 aromatic heterocycles. The van der Waals surface area contributed by atoms with Crippen molar-refractivity contribution in [3.63, 3.8) is 0 Å². The molecule has 4 bridgehead atoms. The molecular formula is C11H16O3. The van der Waals surface area contributed by atoms with Gasteiger partial charge in [-0.2, -0.15) is 0 Å². The zero-order valence-corrected chi connectivity index (χ0v) is 8.19. The summed E-state index contributed by atoms with van der Waals surface area (Å²) in [6.45, 7) is 0. The first kappa shape index (κ1) is 8.57. The fourth-order valence-electron chi connectivity index (χ4n) is 4.18. The molecule has 4 saturated carbocycles. The SMILES string of the molecule is O=C(O)OC1C2CC3CC(C2)CC1C3. The van der Waals surface area contributed by atoms with Crippen LogP contribution >= 0.6 is 0 Å². The summed E-state index contributed by atoms with van der Waals surface area (Å²) in [4.78, 5) is 10.6. The van der Waals surface area contributed by atoms with Crippen LogP contribution in [-0.4, -0.2) is 17.4 Å².